The molecular weight excluding hydrogens is 357 g/mol. The number of ether oxygens (including phenoxy) is 1. The van der Waals surface area contributed by atoms with E-state index < -0.39 is 0 Å². The number of hydrogen-bond donors (Lipinski definition) is 1. The predicted octanol–water partition coefficient (Wildman–Crippen LogP) is 0.463. The topological polar surface area (TPSA) is 68.7 Å². The highest BCUT2D eigenvalue weighted by Gasteiger charge is 2.20. The number of halogens is 1. The van der Waals surface area contributed by atoms with Crippen molar-refractivity contribution in [3.63, 3.8) is 0 Å². The predicted molar refractivity (Wildman–Crippen MR) is 83.8 cm³/mol. The standard InChI is InChI=1S/C12H19N5O.HI/c13-12(17-5-7-18-8-6-17)15-10-1-3-16-4-2-14-11(16)9-10;/h2,4,10H,1,3,5-9H2,(H2,13,15);1H. The van der Waals surface area contributed by atoms with Crippen molar-refractivity contribution >= 4 is 29.9 Å². The summed E-state index contributed by atoms with van der Waals surface area (Å²) in [4.78, 5) is 11.1. The SMILES string of the molecule is I.NC(=NC1CCn2ccnc2C1)N1CCOCC1. The number of rotatable bonds is 1. The number of aliphatic imine (C=N–C) groups is 1. The van der Waals surface area contributed by atoms with Gasteiger partial charge in [-0.3, -0.25) is 0 Å². The molecular formula is C12H20IN5O. The van der Waals surface area contributed by atoms with E-state index in [0.29, 0.717) is 5.96 Å². The van der Waals surface area contributed by atoms with Crippen LogP contribution in [-0.2, 0) is 17.7 Å². The Labute approximate surface area is 130 Å². The van der Waals surface area contributed by atoms with Crippen LogP contribution in [0.25, 0.3) is 0 Å². The van der Waals surface area contributed by atoms with Gasteiger partial charge in [-0.1, -0.05) is 0 Å². The van der Waals surface area contributed by atoms with Crippen LogP contribution in [0.5, 0.6) is 0 Å². The normalized spacial score (nSPS) is 23.7. The minimum Gasteiger partial charge on any atom is -0.378 e. The third kappa shape index (κ3) is 3.38. The van der Waals surface area contributed by atoms with Gasteiger partial charge in [0.05, 0.1) is 19.3 Å². The quantitative estimate of drug-likeness (QED) is 0.439. The van der Waals surface area contributed by atoms with Crippen molar-refractivity contribution in [1.82, 2.24) is 14.5 Å². The molecule has 1 unspecified atom stereocenters. The van der Waals surface area contributed by atoms with Crippen LogP contribution >= 0.6 is 24.0 Å². The lowest BCUT2D eigenvalue weighted by atomic mass is 10.1. The van der Waals surface area contributed by atoms with Crippen LogP contribution in [0.3, 0.4) is 0 Å². The van der Waals surface area contributed by atoms with Crippen LogP contribution in [0.1, 0.15) is 12.2 Å². The number of aryl methyl sites for hydroxylation is 1. The van der Waals surface area contributed by atoms with Crippen molar-refractivity contribution in [2.24, 2.45) is 10.7 Å². The average Bonchev–Trinajstić information content (AvgIpc) is 2.87. The molecule has 0 aliphatic carbocycles. The third-order valence-corrected chi connectivity index (χ3v) is 3.57. The van der Waals surface area contributed by atoms with E-state index in [1.165, 1.54) is 0 Å². The highest BCUT2D eigenvalue weighted by molar-refractivity contribution is 14.0. The molecule has 2 N–H and O–H groups in total. The molecule has 3 rings (SSSR count). The summed E-state index contributed by atoms with van der Waals surface area (Å²) in [6.45, 7) is 4.16. The molecule has 1 aromatic heterocycles. The molecule has 0 amide bonds. The molecule has 1 fully saturated rings. The molecule has 1 saturated heterocycles. The second-order valence-electron chi connectivity index (χ2n) is 4.77. The van der Waals surface area contributed by atoms with Gasteiger partial charge in [0.2, 0.25) is 0 Å². The molecule has 0 saturated carbocycles. The number of imidazole rings is 1. The van der Waals surface area contributed by atoms with E-state index >= 15 is 0 Å². The molecule has 7 heteroatoms. The largest absolute Gasteiger partial charge is 0.378 e. The second kappa shape index (κ2) is 6.56. The molecule has 6 nitrogen and oxygen atoms in total. The van der Waals surface area contributed by atoms with Crippen molar-refractivity contribution in [2.45, 2.75) is 25.4 Å². The van der Waals surface area contributed by atoms with Crippen molar-refractivity contribution in [2.75, 3.05) is 26.3 Å². The zero-order chi connectivity index (χ0) is 12.4. The summed E-state index contributed by atoms with van der Waals surface area (Å²) in [6, 6.07) is 0.266. The van der Waals surface area contributed by atoms with Crippen LogP contribution in [-0.4, -0.2) is 52.8 Å². The molecule has 0 bridgehead atoms. The van der Waals surface area contributed by atoms with Gasteiger partial charge in [-0.25, -0.2) is 9.98 Å². The highest BCUT2D eigenvalue weighted by Crippen LogP contribution is 2.16. The number of guanidine groups is 1. The van der Waals surface area contributed by atoms with Crippen molar-refractivity contribution in [3.8, 4) is 0 Å². The Morgan fingerprint density at radius 3 is 2.95 bits per heavy atom. The van der Waals surface area contributed by atoms with Crippen LogP contribution in [0.4, 0.5) is 0 Å². The number of morpholine rings is 1. The maximum absolute atomic E-state index is 6.07. The van der Waals surface area contributed by atoms with Crippen LogP contribution in [0.2, 0.25) is 0 Å². The summed E-state index contributed by atoms with van der Waals surface area (Å²) in [6.07, 6.45) is 5.81. The number of aromatic nitrogens is 2. The van der Waals surface area contributed by atoms with Gasteiger partial charge in [0.15, 0.2) is 5.96 Å². The van der Waals surface area contributed by atoms with Crippen LogP contribution in [0, 0.1) is 0 Å². The summed E-state index contributed by atoms with van der Waals surface area (Å²) in [5.41, 5.74) is 6.07. The first-order chi connectivity index (χ1) is 8.83. The lowest BCUT2D eigenvalue weighted by molar-refractivity contribution is 0.0672. The van der Waals surface area contributed by atoms with E-state index in [-0.39, 0.29) is 30.0 Å². The van der Waals surface area contributed by atoms with Gasteiger partial charge in [0.1, 0.15) is 5.82 Å². The number of nitrogens with two attached hydrogens (primary N) is 1. The monoisotopic (exact) mass is 377 g/mol. The number of fused-ring (bicyclic) bond motifs is 1. The molecule has 19 heavy (non-hydrogen) atoms. The fourth-order valence-corrected chi connectivity index (χ4v) is 2.51. The van der Waals surface area contributed by atoms with E-state index in [2.05, 4.69) is 19.4 Å². The Kier molecular flexibility index (Phi) is 5.03. The van der Waals surface area contributed by atoms with E-state index in [4.69, 9.17) is 10.5 Å². The van der Waals surface area contributed by atoms with Crippen LogP contribution in [0.15, 0.2) is 17.4 Å². The summed E-state index contributed by atoms with van der Waals surface area (Å²) in [5.74, 6) is 1.77. The fraction of sp³-hybridized carbons (Fsp3) is 0.667. The molecule has 1 aromatic rings. The third-order valence-electron chi connectivity index (χ3n) is 3.57. The summed E-state index contributed by atoms with van der Waals surface area (Å²) >= 11 is 0. The fourth-order valence-electron chi connectivity index (χ4n) is 2.51. The molecule has 0 aromatic carbocycles. The lowest BCUT2D eigenvalue weighted by Gasteiger charge is -2.29. The first-order valence-corrected chi connectivity index (χ1v) is 6.49. The highest BCUT2D eigenvalue weighted by atomic mass is 127. The van der Waals surface area contributed by atoms with Gasteiger partial charge >= 0.3 is 0 Å². The molecule has 0 radical (unpaired) electrons. The Hall–Kier alpha value is -0.830. The molecule has 106 valence electrons. The Morgan fingerprint density at radius 2 is 2.16 bits per heavy atom. The number of hydrogen-bond acceptors (Lipinski definition) is 3. The molecule has 0 spiro atoms. The van der Waals surface area contributed by atoms with Gasteiger partial charge in [-0.2, -0.15) is 0 Å². The maximum Gasteiger partial charge on any atom is 0.191 e. The molecule has 1 atom stereocenters. The van der Waals surface area contributed by atoms with Gasteiger partial charge in [-0.15, -0.1) is 24.0 Å². The lowest BCUT2D eigenvalue weighted by Crippen LogP contribution is -2.45. The zero-order valence-corrected chi connectivity index (χ0v) is 13.2. The van der Waals surface area contributed by atoms with E-state index in [1.807, 2.05) is 12.4 Å². The average molecular weight is 377 g/mol. The Bertz CT molecular complexity index is 441. The van der Waals surface area contributed by atoms with Crippen LogP contribution < -0.4 is 5.73 Å². The van der Waals surface area contributed by atoms with Gasteiger partial charge < -0.3 is 19.9 Å². The van der Waals surface area contributed by atoms with Gasteiger partial charge in [-0.05, 0) is 6.42 Å². The van der Waals surface area contributed by atoms with Crippen molar-refractivity contribution in [1.29, 1.82) is 0 Å². The molecule has 3 heterocycles. The summed E-state index contributed by atoms with van der Waals surface area (Å²) in [5, 5.41) is 0. The van der Waals surface area contributed by atoms with Crippen molar-refractivity contribution < 1.29 is 4.74 Å². The molecule has 2 aliphatic heterocycles. The molecule has 2 aliphatic rings. The first kappa shape index (κ1) is 14.6. The Balaban J connectivity index is 0.00000133. The smallest absolute Gasteiger partial charge is 0.191 e. The van der Waals surface area contributed by atoms with E-state index in [1.54, 1.807) is 0 Å². The second-order valence-corrected chi connectivity index (χ2v) is 4.77. The van der Waals surface area contributed by atoms with Gasteiger partial charge in [0, 0.05) is 38.4 Å². The van der Waals surface area contributed by atoms with Gasteiger partial charge in [0.25, 0.3) is 0 Å². The number of nitrogens with zero attached hydrogens (tertiary/aromatic N) is 4. The van der Waals surface area contributed by atoms with E-state index in [9.17, 15) is 0 Å². The maximum atomic E-state index is 6.07. The van der Waals surface area contributed by atoms with Crippen molar-refractivity contribution in [3.05, 3.63) is 18.2 Å². The minimum absolute atomic E-state index is 0. The summed E-state index contributed by atoms with van der Waals surface area (Å²) < 4.78 is 7.50. The zero-order valence-electron chi connectivity index (χ0n) is 10.9. The minimum atomic E-state index is 0. The van der Waals surface area contributed by atoms with E-state index in [0.717, 1.165) is 51.5 Å². The Morgan fingerprint density at radius 1 is 1.37 bits per heavy atom. The summed E-state index contributed by atoms with van der Waals surface area (Å²) in [7, 11) is 0. The first-order valence-electron chi connectivity index (χ1n) is 6.49.